The maximum Gasteiger partial charge on any atom is 0.416 e. The summed E-state index contributed by atoms with van der Waals surface area (Å²) in [5, 5.41) is 16.5. The number of alkyl halides is 3. The molecule has 5 rings (SSSR count). The van der Waals surface area contributed by atoms with Crippen molar-refractivity contribution in [2.45, 2.75) is 25.9 Å². The van der Waals surface area contributed by atoms with Crippen LogP contribution in [-0.4, -0.2) is 29.6 Å². The number of fused-ring (bicyclic) bond motifs is 1. The number of pyridine rings is 1. The van der Waals surface area contributed by atoms with Crippen molar-refractivity contribution in [1.29, 1.82) is 0 Å². The Labute approximate surface area is 226 Å². The minimum atomic E-state index is -4.53. The lowest BCUT2D eigenvalue weighted by Crippen LogP contribution is -2.22. The fourth-order valence-corrected chi connectivity index (χ4v) is 4.15. The van der Waals surface area contributed by atoms with Gasteiger partial charge in [-0.2, -0.15) is 18.2 Å². The SMILES string of the molecule is Cc1ccc(NC(O)c2cccc(C(F)(F)F)c2)cc1-c1nc2cnc(NCc3ccncc3)nc2n(C)c1=O. The van der Waals surface area contributed by atoms with Crippen LogP contribution < -0.4 is 16.2 Å². The van der Waals surface area contributed by atoms with Gasteiger partial charge >= 0.3 is 6.18 Å². The lowest BCUT2D eigenvalue weighted by Gasteiger charge is -2.18. The van der Waals surface area contributed by atoms with Crippen LogP contribution in [0.1, 0.15) is 28.5 Å². The van der Waals surface area contributed by atoms with E-state index in [1.807, 2.05) is 12.1 Å². The van der Waals surface area contributed by atoms with Crippen LogP contribution in [0.15, 0.2) is 78.0 Å². The molecular weight excluding hydrogens is 523 g/mol. The minimum Gasteiger partial charge on any atom is -0.369 e. The van der Waals surface area contributed by atoms with Crippen molar-refractivity contribution in [3.8, 4) is 11.3 Å². The van der Waals surface area contributed by atoms with Gasteiger partial charge in [0.15, 0.2) is 11.9 Å². The summed E-state index contributed by atoms with van der Waals surface area (Å²) in [6.07, 6.45) is -1.06. The average molecular weight is 548 g/mol. The second-order valence-corrected chi connectivity index (χ2v) is 9.14. The molecule has 0 aliphatic carbocycles. The Balaban J connectivity index is 1.43. The normalized spacial score (nSPS) is 12.3. The Bertz CT molecular complexity index is 1740. The molecule has 3 aromatic heterocycles. The van der Waals surface area contributed by atoms with E-state index in [9.17, 15) is 23.1 Å². The first-order valence-corrected chi connectivity index (χ1v) is 12.2. The van der Waals surface area contributed by atoms with Crippen LogP contribution in [0.25, 0.3) is 22.4 Å². The van der Waals surface area contributed by atoms with Gasteiger partial charge in [0, 0.05) is 42.8 Å². The number of aliphatic hydroxyl groups excluding tert-OH is 1. The highest BCUT2D eigenvalue weighted by Gasteiger charge is 2.31. The first-order valence-electron chi connectivity index (χ1n) is 12.2. The van der Waals surface area contributed by atoms with Crippen molar-refractivity contribution >= 4 is 22.8 Å². The molecule has 204 valence electrons. The molecule has 5 aromatic rings. The zero-order valence-corrected chi connectivity index (χ0v) is 21.4. The molecule has 0 aliphatic heterocycles. The monoisotopic (exact) mass is 547 g/mol. The molecule has 9 nitrogen and oxygen atoms in total. The number of halogens is 3. The number of nitrogens with one attached hydrogen (secondary N) is 2. The Kier molecular flexibility index (Phi) is 7.18. The second-order valence-electron chi connectivity index (χ2n) is 9.14. The molecule has 3 heterocycles. The van der Waals surface area contributed by atoms with Crippen LogP contribution in [0.5, 0.6) is 0 Å². The third-order valence-corrected chi connectivity index (χ3v) is 6.33. The molecule has 0 bridgehead atoms. The van der Waals surface area contributed by atoms with Gasteiger partial charge < -0.3 is 15.7 Å². The molecule has 0 radical (unpaired) electrons. The van der Waals surface area contributed by atoms with Crippen LogP contribution in [0.3, 0.4) is 0 Å². The van der Waals surface area contributed by atoms with Gasteiger partial charge in [-0.3, -0.25) is 14.3 Å². The lowest BCUT2D eigenvalue weighted by atomic mass is 10.0. The standard InChI is InChI=1S/C28H24F3N7O2/c1-16-6-7-20(35-25(39)18-4-3-5-19(12-18)28(29,30)31)13-21(16)23-26(40)38(2)24-22(36-23)15-34-27(37-24)33-14-17-8-10-32-11-9-17/h3-13,15,25,35,39H,14H2,1-2H3,(H,33,34,37). The molecule has 0 saturated carbocycles. The van der Waals surface area contributed by atoms with Gasteiger partial charge in [-0.1, -0.05) is 18.2 Å². The molecule has 3 N–H and O–H groups in total. The number of nitrogens with zero attached hydrogens (tertiary/aromatic N) is 5. The Hall–Kier alpha value is -4.84. The second kappa shape index (κ2) is 10.7. The molecule has 0 fully saturated rings. The summed E-state index contributed by atoms with van der Waals surface area (Å²) in [7, 11) is 1.59. The summed E-state index contributed by atoms with van der Waals surface area (Å²) < 4.78 is 40.7. The zero-order valence-electron chi connectivity index (χ0n) is 21.4. The maximum absolute atomic E-state index is 13.3. The topological polar surface area (TPSA) is 118 Å². The van der Waals surface area contributed by atoms with Gasteiger partial charge in [0.25, 0.3) is 5.56 Å². The maximum atomic E-state index is 13.3. The molecule has 0 spiro atoms. The number of hydrogen-bond donors (Lipinski definition) is 3. The highest BCUT2D eigenvalue weighted by molar-refractivity contribution is 5.76. The molecule has 40 heavy (non-hydrogen) atoms. The third-order valence-electron chi connectivity index (χ3n) is 6.33. The van der Waals surface area contributed by atoms with Gasteiger partial charge in [-0.05, 0) is 54.4 Å². The van der Waals surface area contributed by atoms with E-state index in [0.717, 1.165) is 23.3 Å². The van der Waals surface area contributed by atoms with E-state index in [1.165, 1.54) is 22.9 Å². The van der Waals surface area contributed by atoms with Crippen molar-refractivity contribution in [2.24, 2.45) is 7.05 Å². The fourth-order valence-electron chi connectivity index (χ4n) is 4.15. The quantitative estimate of drug-likeness (QED) is 0.248. The van der Waals surface area contributed by atoms with Crippen LogP contribution in [0, 0.1) is 6.92 Å². The Morgan fingerprint density at radius 3 is 2.58 bits per heavy atom. The molecule has 12 heteroatoms. The van der Waals surface area contributed by atoms with Gasteiger partial charge in [0.2, 0.25) is 5.95 Å². The summed E-state index contributed by atoms with van der Waals surface area (Å²) in [6.45, 7) is 2.27. The van der Waals surface area contributed by atoms with E-state index in [1.54, 1.807) is 44.6 Å². The Morgan fingerprint density at radius 2 is 1.82 bits per heavy atom. The number of aromatic nitrogens is 5. The van der Waals surface area contributed by atoms with E-state index in [-0.39, 0.29) is 11.3 Å². The first kappa shape index (κ1) is 26.8. The molecule has 0 saturated heterocycles. The van der Waals surface area contributed by atoms with Crippen molar-refractivity contribution in [1.82, 2.24) is 24.5 Å². The summed E-state index contributed by atoms with van der Waals surface area (Å²) in [5.74, 6) is 0.333. The molecule has 0 amide bonds. The summed E-state index contributed by atoms with van der Waals surface area (Å²) in [5.41, 5.74) is 2.27. The predicted octanol–water partition coefficient (Wildman–Crippen LogP) is 4.83. The summed E-state index contributed by atoms with van der Waals surface area (Å²) in [6, 6.07) is 13.2. The highest BCUT2D eigenvalue weighted by atomic mass is 19.4. The number of aryl methyl sites for hydroxylation is 2. The minimum absolute atomic E-state index is 0.0437. The third kappa shape index (κ3) is 5.61. The number of benzene rings is 2. The van der Waals surface area contributed by atoms with E-state index < -0.39 is 23.5 Å². The largest absolute Gasteiger partial charge is 0.416 e. The molecule has 1 atom stereocenters. The van der Waals surface area contributed by atoms with Crippen molar-refractivity contribution < 1.29 is 18.3 Å². The fraction of sp³-hybridized carbons (Fsp3) is 0.179. The first-order chi connectivity index (χ1) is 19.1. The lowest BCUT2D eigenvalue weighted by molar-refractivity contribution is -0.137. The average Bonchev–Trinajstić information content (AvgIpc) is 2.95. The number of rotatable bonds is 7. The van der Waals surface area contributed by atoms with Crippen LogP contribution >= 0.6 is 0 Å². The Morgan fingerprint density at radius 1 is 1.05 bits per heavy atom. The van der Waals surface area contributed by atoms with Crippen LogP contribution in [0.4, 0.5) is 24.8 Å². The summed E-state index contributed by atoms with van der Waals surface area (Å²) >= 11 is 0. The van der Waals surface area contributed by atoms with Crippen molar-refractivity contribution in [3.05, 3.63) is 106 Å². The van der Waals surface area contributed by atoms with E-state index in [4.69, 9.17) is 0 Å². The summed E-state index contributed by atoms with van der Waals surface area (Å²) in [4.78, 5) is 30.7. The zero-order chi connectivity index (χ0) is 28.4. The van der Waals surface area contributed by atoms with Crippen LogP contribution in [-0.2, 0) is 19.8 Å². The molecular formula is C28H24F3N7O2. The van der Waals surface area contributed by atoms with E-state index in [0.29, 0.717) is 34.9 Å². The van der Waals surface area contributed by atoms with Crippen molar-refractivity contribution in [3.63, 3.8) is 0 Å². The van der Waals surface area contributed by atoms with Crippen molar-refractivity contribution in [2.75, 3.05) is 10.6 Å². The number of aliphatic hydroxyl groups is 1. The van der Waals surface area contributed by atoms with Gasteiger partial charge in [-0.15, -0.1) is 0 Å². The smallest absolute Gasteiger partial charge is 0.369 e. The predicted molar refractivity (Wildman–Crippen MR) is 144 cm³/mol. The van der Waals surface area contributed by atoms with Gasteiger partial charge in [-0.25, -0.2) is 9.97 Å². The van der Waals surface area contributed by atoms with E-state index >= 15 is 0 Å². The highest BCUT2D eigenvalue weighted by Crippen LogP contribution is 2.32. The van der Waals surface area contributed by atoms with Gasteiger partial charge in [0.05, 0.1) is 11.8 Å². The molecule has 1 unspecified atom stereocenters. The van der Waals surface area contributed by atoms with Crippen LogP contribution in [0.2, 0.25) is 0 Å². The van der Waals surface area contributed by atoms with Gasteiger partial charge in [0.1, 0.15) is 11.2 Å². The molecule has 2 aromatic carbocycles. The number of anilines is 2. The number of hydrogen-bond acceptors (Lipinski definition) is 8. The van der Waals surface area contributed by atoms with E-state index in [2.05, 4.69) is 30.6 Å². The molecule has 0 aliphatic rings.